The van der Waals surface area contributed by atoms with Crippen LogP contribution >= 0.6 is 0 Å². The Labute approximate surface area is 117 Å². The molecular formula is C15H8F2N2O2. The molecule has 1 aromatic carbocycles. The molecule has 0 spiro atoms. The van der Waals surface area contributed by atoms with Crippen molar-refractivity contribution in [1.29, 1.82) is 0 Å². The Morgan fingerprint density at radius 1 is 1.10 bits per heavy atom. The second-order valence-corrected chi connectivity index (χ2v) is 4.38. The first kappa shape index (κ1) is 13.1. The zero-order valence-corrected chi connectivity index (χ0v) is 10.5. The highest BCUT2D eigenvalue weighted by Gasteiger charge is 2.16. The lowest BCUT2D eigenvalue weighted by molar-refractivity contribution is 0.0699. The Bertz CT molecular complexity index is 851. The van der Waals surface area contributed by atoms with Crippen LogP contribution in [0.5, 0.6) is 0 Å². The predicted molar refractivity (Wildman–Crippen MR) is 71.8 cm³/mol. The molecule has 3 aromatic rings. The summed E-state index contributed by atoms with van der Waals surface area (Å²) in [5, 5.41) is 9.18. The fourth-order valence-corrected chi connectivity index (χ4v) is 2.10. The zero-order chi connectivity index (χ0) is 15.0. The molecule has 2 aromatic heterocycles. The smallest absolute Gasteiger partial charge is 0.336 e. The van der Waals surface area contributed by atoms with Gasteiger partial charge >= 0.3 is 5.97 Å². The number of fused-ring (bicyclic) bond motifs is 1. The molecular weight excluding hydrogens is 278 g/mol. The van der Waals surface area contributed by atoms with Crippen LogP contribution in [0.15, 0.2) is 42.7 Å². The van der Waals surface area contributed by atoms with Gasteiger partial charge in [-0.15, -0.1) is 0 Å². The van der Waals surface area contributed by atoms with Crippen LogP contribution in [0, 0.1) is 11.6 Å². The Hall–Kier alpha value is -2.89. The molecule has 0 radical (unpaired) electrons. The lowest BCUT2D eigenvalue weighted by Crippen LogP contribution is -2.02. The molecule has 0 aliphatic heterocycles. The number of aromatic carboxylic acids is 1. The van der Waals surface area contributed by atoms with E-state index in [1.807, 2.05) is 0 Å². The maximum atomic E-state index is 13.9. The lowest BCUT2D eigenvalue weighted by Gasteiger charge is -2.08. The number of aromatic nitrogens is 2. The maximum Gasteiger partial charge on any atom is 0.336 e. The van der Waals surface area contributed by atoms with Gasteiger partial charge < -0.3 is 5.11 Å². The third kappa shape index (κ3) is 2.31. The minimum Gasteiger partial charge on any atom is -0.478 e. The van der Waals surface area contributed by atoms with Crippen LogP contribution < -0.4 is 0 Å². The fourth-order valence-electron chi connectivity index (χ4n) is 2.10. The standard InChI is InChI=1S/C15H8F2N2O2/c16-9-5-10-11(15(20)21)7-13(8-1-3-18-4-2-8)19-14(10)12(17)6-9/h1-7H,(H,20,21). The Balaban J connectivity index is 2.38. The van der Waals surface area contributed by atoms with Crippen molar-refractivity contribution < 1.29 is 18.7 Å². The van der Waals surface area contributed by atoms with E-state index < -0.39 is 17.6 Å². The summed E-state index contributed by atoms with van der Waals surface area (Å²) in [4.78, 5) is 19.3. The molecule has 0 unspecified atom stereocenters. The highest BCUT2D eigenvalue weighted by Crippen LogP contribution is 2.27. The molecule has 1 N–H and O–H groups in total. The molecule has 0 bridgehead atoms. The van der Waals surface area contributed by atoms with Gasteiger partial charge in [-0.25, -0.2) is 18.6 Å². The Kier molecular flexibility index (Phi) is 3.06. The number of hydrogen-bond acceptors (Lipinski definition) is 3. The van der Waals surface area contributed by atoms with Crippen molar-refractivity contribution >= 4 is 16.9 Å². The third-order valence-electron chi connectivity index (χ3n) is 3.04. The normalized spacial score (nSPS) is 10.8. The van der Waals surface area contributed by atoms with E-state index in [2.05, 4.69) is 9.97 Å². The summed E-state index contributed by atoms with van der Waals surface area (Å²) in [5.41, 5.74) is 0.499. The molecule has 0 saturated heterocycles. The summed E-state index contributed by atoms with van der Waals surface area (Å²) < 4.78 is 27.2. The summed E-state index contributed by atoms with van der Waals surface area (Å²) in [6.45, 7) is 0. The summed E-state index contributed by atoms with van der Waals surface area (Å²) in [5.74, 6) is -3.02. The number of pyridine rings is 2. The van der Waals surface area contributed by atoms with Crippen LogP contribution in [0.2, 0.25) is 0 Å². The molecule has 2 heterocycles. The molecule has 6 heteroatoms. The average molecular weight is 286 g/mol. The molecule has 4 nitrogen and oxygen atoms in total. The van der Waals surface area contributed by atoms with Crippen LogP contribution in [0.1, 0.15) is 10.4 Å². The largest absolute Gasteiger partial charge is 0.478 e. The molecule has 104 valence electrons. The van der Waals surface area contributed by atoms with E-state index in [-0.39, 0.29) is 22.2 Å². The molecule has 0 atom stereocenters. The highest BCUT2D eigenvalue weighted by atomic mass is 19.1. The van der Waals surface area contributed by atoms with Crippen molar-refractivity contribution in [2.75, 3.05) is 0 Å². The van der Waals surface area contributed by atoms with E-state index in [9.17, 15) is 18.7 Å². The molecule has 0 amide bonds. The van der Waals surface area contributed by atoms with Gasteiger partial charge in [-0.1, -0.05) is 0 Å². The van der Waals surface area contributed by atoms with Gasteiger partial charge in [-0.2, -0.15) is 0 Å². The van der Waals surface area contributed by atoms with E-state index in [0.717, 1.165) is 6.07 Å². The molecule has 0 saturated carbocycles. The van der Waals surface area contributed by atoms with Gasteiger partial charge in [0.2, 0.25) is 0 Å². The number of carboxylic acid groups (broad SMARTS) is 1. The Morgan fingerprint density at radius 3 is 2.48 bits per heavy atom. The second-order valence-electron chi connectivity index (χ2n) is 4.38. The van der Waals surface area contributed by atoms with Crippen LogP contribution in [-0.4, -0.2) is 21.0 Å². The zero-order valence-electron chi connectivity index (χ0n) is 10.5. The lowest BCUT2D eigenvalue weighted by atomic mass is 10.0. The van der Waals surface area contributed by atoms with Crippen molar-refractivity contribution in [2.45, 2.75) is 0 Å². The number of hydrogen-bond donors (Lipinski definition) is 1. The molecule has 0 aliphatic rings. The minimum absolute atomic E-state index is 0.0715. The number of carboxylic acids is 1. The van der Waals surface area contributed by atoms with E-state index in [1.54, 1.807) is 12.1 Å². The first-order valence-corrected chi connectivity index (χ1v) is 6.00. The topological polar surface area (TPSA) is 63.1 Å². The number of rotatable bonds is 2. The molecule has 21 heavy (non-hydrogen) atoms. The van der Waals surface area contributed by atoms with E-state index in [0.29, 0.717) is 11.6 Å². The van der Waals surface area contributed by atoms with Crippen LogP contribution in [-0.2, 0) is 0 Å². The summed E-state index contributed by atoms with van der Waals surface area (Å²) in [6.07, 6.45) is 3.03. The first-order valence-electron chi connectivity index (χ1n) is 6.00. The van der Waals surface area contributed by atoms with Gasteiger partial charge in [0, 0.05) is 29.4 Å². The number of benzene rings is 1. The number of halogens is 2. The highest BCUT2D eigenvalue weighted by molar-refractivity contribution is 6.03. The first-order chi connectivity index (χ1) is 10.1. The van der Waals surface area contributed by atoms with E-state index in [1.165, 1.54) is 18.5 Å². The molecule has 0 fully saturated rings. The molecule has 0 aliphatic carbocycles. The quantitative estimate of drug-likeness (QED) is 0.785. The minimum atomic E-state index is -1.28. The van der Waals surface area contributed by atoms with Gasteiger partial charge in [-0.3, -0.25) is 4.98 Å². The average Bonchev–Trinajstić information content (AvgIpc) is 2.47. The third-order valence-corrected chi connectivity index (χ3v) is 3.04. The van der Waals surface area contributed by atoms with E-state index in [4.69, 9.17) is 0 Å². The van der Waals surface area contributed by atoms with Gasteiger partial charge in [0.05, 0.1) is 11.3 Å². The maximum absolute atomic E-state index is 13.9. The van der Waals surface area contributed by atoms with Crippen molar-refractivity contribution in [2.24, 2.45) is 0 Å². The predicted octanol–water partition coefficient (Wildman–Crippen LogP) is 3.27. The van der Waals surface area contributed by atoms with Crippen LogP contribution in [0.3, 0.4) is 0 Å². The fraction of sp³-hybridized carbons (Fsp3) is 0. The van der Waals surface area contributed by atoms with Gasteiger partial charge in [0.1, 0.15) is 11.3 Å². The van der Waals surface area contributed by atoms with Crippen molar-refractivity contribution in [3.63, 3.8) is 0 Å². The van der Waals surface area contributed by atoms with Gasteiger partial charge in [0.15, 0.2) is 5.82 Å². The Morgan fingerprint density at radius 2 is 1.81 bits per heavy atom. The van der Waals surface area contributed by atoms with Crippen molar-refractivity contribution in [3.05, 3.63) is 59.9 Å². The molecule has 3 rings (SSSR count). The summed E-state index contributed by atoms with van der Waals surface area (Å²) in [6, 6.07) is 6.18. The van der Waals surface area contributed by atoms with Crippen molar-refractivity contribution in [1.82, 2.24) is 9.97 Å². The summed E-state index contributed by atoms with van der Waals surface area (Å²) >= 11 is 0. The summed E-state index contributed by atoms with van der Waals surface area (Å²) in [7, 11) is 0. The van der Waals surface area contributed by atoms with Crippen LogP contribution in [0.25, 0.3) is 22.2 Å². The van der Waals surface area contributed by atoms with Crippen LogP contribution in [0.4, 0.5) is 8.78 Å². The SMILES string of the molecule is O=C(O)c1cc(-c2ccncc2)nc2c(F)cc(F)cc12. The van der Waals surface area contributed by atoms with Gasteiger partial charge in [-0.05, 0) is 24.3 Å². The van der Waals surface area contributed by atoms with Crippen molar-refractivity contribution in [3.8, 4) is 11.3 Å². The number of carbonyl (C=O) groups is 1. The second kappa shape index (κ2) is 4.90. The van der Waals surface area contributed by atoms with E-state index >= 15 is 0 Å². The van der Waals surface area contributed by atoms with Gasteiger partial charge in [0.25, 0.3) is 0 Å². The number of nitrogens with zero attached hydrogens (tertiary/aromatic N) is 2. The monoisotopic (exact) mass is 286 g/mol.